The van der Waals surface area contributed by atoms with Gasteiger partial charge in [0.15, 0.2) is 5.78 Å². The molecule has 2 fully saturated rings. The van der Waals surface area contributed by atoms with E-state index in [0.717, 1.165) is 22.3 Å². The van der Waals surface area contributed by atoms with Crippen molar-refractivity contribution in [3.8, 4) is 0 Å². The number of nitrogens with two attached hydrogens (primary N) is 1. The zero-order valence-corrected chi connectivity index (χ0v) is 19.8. The summed E-state index contributed by atoms with van der Waals surface area (Å²) in [6, 6.07) is 6.77. The van der Waals surface area contributed by atoms with Crippen molar-refractivity contribution in [3.63, 3.8) is 0 Å². The summed E-state index contributed by atoms with van der Waals surface area (Å²) in [7, 11) is 0. The fourth-order valence-electron chi connectivity index (χ4n) is 7.23. The Bertz CT molecular complexity index is 1150. The Morgan fingerprint density at radius 1 is 1.03 bits per heavy atom. The topological polar surface area (TPSA) is 69.4 Å². The molecule has 5 unspecified atom stereocenters. The standard InChI is InChI=1S/C27H28F5NO3/c1-25-13-20(14-2-4-15(5-3-14)24(33)35)23-18-9-7-17(34)12-16(18)6-8-19(23)21(25)10-11-22(25)36-27(31,32)26(28,29)30/h2-5,12,19-22H,6-11,13H2,1H3,(H2,33,35). The Morgan fingerprint density at radius 2 is 1.72 bits per heavy atom. The number of amides is 1. The summed E-state index contributed by atoms with van der Waals surface area (Å²) in [5.74, 6) is -0.856. The molecule has 4 nitrogen and oxygen atoms in total. The molecule has 4 aliphatic carbocycles. The Kier molecular flexibility index (Phi) is 5.93. The highest BCUT2D eigenvalue weighted by Gasteiger charge is 2.65. The van der Waals surface area contributed by atoms with Crippen molar-refractivity contribution in [1.82, 2.24) is 0 Å². The van der Waals surface area contributed by atoms with Crippen LogP contribution in [0.3, 0.4) is 0 Å². The molecule has 5 atom stereocenters. The molecule has 9 heteroatoms. The molecule has 2 N–H and O–H groups in total. The van der Waals surface area contributed by atoms with Crippen LogP contribution in [0.2, 0.25) is 0 Å². The maximum Gasteiger partial charge on any atom is 0.482 e. The molecule has 1 aromatic rings. The van der Waals surface area contributed by atoms with E-state index in [4.69, 9.17) is 5.73 Å². The van der Waals surface area contributed by atoms with Gasteiger partial charge in [0.2, 0.25) is 5.91 Å². The molecule has 194 valence electrons. The number of carbonyl (C=O) groups is 2. The van der Waals surface area contributed by atoms with E-state index in [1.165, 1.54) is 0 Å². The maximum atomic E-state index is 14.0. The first kappa shape index (κ1) is 25.1. The largest absolute Gasteiger partial charge is 0.482 e. The number of carbonyl (C=O) groups excluding carboxylic acids is 2. The summed E-state index contributed by atoms with van der Waals surface area (Å²) >= 11 is 0. The van der Waals surface area contributed by atoms with Crippen molar-refractivity contribution in [2.45, 2.75) is 76.2 Å². The molecule has 0 saturated heterocycles. The van der Waals surface area contributed by atoms with Gasteiger partial charge in [-0.15, -0.1) is 0 Å². The Hall–Kier alpha value is -2.55. The second-order valence-corrected chi connectivity index (χ2v) is 10.8. The average Bonchev–Trinajstić information content (AvgIpc) is 3.12. The number of halogens is 5. The average molecular weight is 510 g/mol. The van der Waals surface area contributed by atoms with Crippen molar-refractivity contribution in [1.29, 1.82) is 0 Å². The molecule has 4 aliphatic rings. The first-order chi connectivity index (χ1) is 16.8. The Morgan fingerprint density at radius 3 is 2.36 bits per heavy atom. The highest BCUT2D eigenvalue weighted by molar-refractivity contribution is 5.93. The van der Waals surface area contributed by atoms with Crippen LogP contribution in [0, 0.1) is 17.3 Å². The lowest BCUT2D eigenvalue weighted by molar-refractivity contribution is -0.408. The fourth-order valence-corrected chi connectivity index (χ4v) is 7.23. The van der Waals surface area contributed by atoms with Gasteiger partial charge in [0.25, 0.3) is 0 Å². The molecule has 5 rings (SSSR count). The maximum absolute atomic E-state index is 14.0. The van der Waals surface area contributed by atoms with E-state index in [0.29, 0.717) is 44.1 Å². The SMILES string of the molecule is CC12CC(c3ccc(C(N)=O)cc3)C3=C4CCC(=O)C=C4CCC3C1CCC2OC(F)(F)C(F)(F)F. The van der Waals surface area contributed by atoms with Gasteiger partial charge in [0.05, 0.1) is 6.10 Å². The summed E-state index contributed by atoms with van der Waals surface area (Å²) < 4.78 is 71.6. The van der Waals surface area contributed by atoms with Crippen LogP contribution < -0.4 is 5.73 Å². The highest BCUT2D eigenvalue weighted by atomic mass is 19.4. The van der Waals surface area contributed by atoms with E-state index in [9.17, 15) is 31.5 Å². The number of alkyl halides is 5. The zero-order valence-electron chi connectivity index (χ0n) is 19.8. The third kappa shape index (κ3) is 3.99. The lowest BCUT2D eigenvalue weighted by atomic mass is 9.53. The van der Waals surface area contributed by atoms with Crippen LogP contribution in [0.5, 0.6) is 0 Å². The van der Waals surface area contributed by atoms with Crippen LogP contribution in [0.4, 0.5) is 22.0 Å². The van der Waals surface area contributed by atoms with Crippen LogP contribution in [-0.2, 0) is 9.53 Å². The normalized spacial score (nSPS) is 32.5. The number of ketones is 1. The minimum Gasteiger partial charge on any atom is -0.366 e. The summed E-state index contributed by atoms with van der Waals surface area (Å²) in [4.78, 5) is 23.7. The van der Waals surface area contributed by atoms with Gasteiger partial charge in [-0.2, -0.15) is 22.0 Å². The van der Waals surface area contributed by atoms with E-state index in [-0.39, 0.29) is 30.0 Å². The molecule has 0 spiro atoms. The lowest BCUT2D eigenvalue weighted by Gasteiger charge is -2.52. The Balaban J connectivity index is 1.59. The number of hydrogen-bond acceptors (Lipinski definition) is 3. The van der Waals surface area contributed by atoms with Gasteiger partial charge in [-0.25, -0.2) is 0 Å². The number of rotatable bonds is 4. The number of ether oxygens (including phenoxy) is 1. The lowest BCUT2D eigenvalue weighted by Crippen LogP contribution is -2.50. The van der Waals surface area contributed by atoms with Crippen LogP contribution >= 0.6 is 0 Å². The number of primary amides is 1. The van der Waals surface area contributed by atoms with Crippen molar-refractivity contribution in [2.75, 3.05) is 0 Å². The third-order valence-electron chi connectivity index (χ3n) is 8.86. The minimum atomic E-state index is -5.79. The predicted octanol–water partition coefficient (Wildman–Crippen LogP) is 6.23. The number of fused-ring (bicyclic) bond motifs is 4. The Labute approximate surface area is 205 Å². The molecule has 0 radical (unpaired) electrons. The van der Waals surface area contributed by atoms with Crippen molar-refractivity contribution >= 4 is 11.7 Å². The second kappa shape index (κ2) is 8.50. The predicted molar refractivity (Wildman–Crippen MR) is 121 cm³/mol. The quantitative estimate of drug-likeness (QED) is 0.490. The molecule has 0 aliphatic heterocycles. The summed E-state index contributed by atoms with van der Waals surface area (Å²) in [5.41, 5.74) is 8.96. The molecule has 0 heterocycles. The molecule has 1 aromatic carbocycles. The van der Waals surface area contributed by atoms with Gasteiger partial charge < -0.3 is 10.5 Å². The number of allylic oxidation sites excluding steroid dienone is 4. The van der Waals surface area contributed by atoms with Gasteiger partial charge in [0.1, 0.15) is 0 Å². The molecule has 0 bridgehead atoms. The van der Waals surface area contributed by atoms with E-state index < -0.39 is 29.7 Å². The van der Waals surface area contributed by atoms with E-state index in [1.807, 2.05) is 0 Å². The summed E-state index contributed by atoms with van der Waals surface area (Å²) in [6.07, 6.45) is -7.21. The minimum absolute atomic E-state index is 0.00183. The zero-order chi connectivity index (χ0) is 26.0. The van der Waals surface area contributed by atoms with Gasteiger partial charge in [-0.3, -0.25) is 9.59 Å². The second-order valence-electron chi connectivity index (χ2n) is 10.8. The molecule has 36 heavy (non-hydrogen) atoms. The monoisotopic (exact) mass is 509 g/mol. The van der Waals surface area contributed by atoms with Crippen LogP contribution in [0.25, 0.3) is 0 Å². The molecular weight excluding hydrogens is 481 g/mol. The first-order valence-corrected chi connectivity index (χ1v) is 12.3. The molecular formula is C27H28F5NO3. The van der Waals surface area contributed by atoms with E-state index >= 15 is 0 Å². The smallest absolute Gasteiger partial charge is 0.366 e. The molecule has 0 aromatic heterocycles. The summed E-state index contributed by atoms with van der Waals surface area (Å²) in [5, 5.41) is 0. The van der Waals surface area contributed by atoms with Gasteiger partial charge in [-0.1, -0.05) is 24.6 Å². The van der Waals surface area contributed by atoms with Crippen molar-refractivity contribution in [3.05, 3.63) is 58.2 Å². The van der Waals surface area contributed by atoms with E-state index in [1.54, 1.807) is 37.3 Å². The fraction of sp³-hybridized carbons (Fsp3) is 0.556. The van der Waals surface area contributed by atoms with Crippen molar-refractivity contribution < 1.29 is 36.3 Å². The highest BCUT2D eigenvalue weighted by Crippen LogP contribution is 2.65. The van der Waals surface area contributed by atoms with Gasteiger partial charge >= 0.3 is 12.3 Å². The van der Waals surface area contributed by atoms with Crippen LogP contribution in [0.1, 0.15) is 73.7 Å². The van der Waals surface area contributed by atoms with Crippen LogP contribution in [-0.4, -0.2) is 30.1 Å². The van der Waals surface area contributed by atoms with E-state index in [2.05, 4.69) is 4.74 Å². The number of hydrogen-bond donors (Lipinski definition) is 1. The first-order valence-electron chi connectivity index (χ1n) is 12.3. The molecule has 1 amide bonds. The van der Waals surface area contributed by atoms with Gasteiger partial charge in [-0.05, 0) is 90.7 Å². The molecule has 2 saturated carbocycles. The van der Waals surface area contributed by atoms with Crippen molar-refractivity contribution in [2.24, 2.45) is 23.0 Å². The third-order valence-corrected chi connectivity index (χ3v) is 8.86. The summed E-state index contributed by atoms with van der Waals surface area (Å²) in [6.45, 7) is 1.78. The van der Waals surface area contributed by atoms with Crippen LogP contribution in [0.15, 0.2) is 47.1 Å². The van der Waals surface area contributed by atoms with Gasteiger partial charge in [0, 0.05) is 17.9 Å². The number of benzene rings is 1.